The van der Waals surface area contributed by atoms with Crippen molar-refractivity contribution in [1.29, 1.82) is 0 Å². The Morgan fingerprint density at radius 3 is 2.79 bits per heavy atom. The van der Waals surface area contributed by atoms with Crippen molar-refractivity contribution in [3.05, 3.63) is 28.0 Å². The van der Waals surface area contributed by atoms with E-state index in [2.05, 4.69) is 9.88 Å². The zero-order valence-electron chi connectivity index (χ0n) is 7.45. The van der Waals surface area contributed by atoms with Crippen LogP contribution < -0.4 is 0 Å². The van der Waals surface area contributed by atoms with Gasteiger partial charge in [0.1, 0.15) is 5.15 Å². The number of pyridine rings is 1. The summed E-state index contributed by atoms with van der Waals surface area (Å²) in [5.74, 6) is 0. The first-order valence-electron chi connectivity index (χ1n) is 4.35. The lowest BCUT2D eigenvalue weighted by Gasteiger charge is -2.35. The Labute approximate surface area is 92.3 Å². The van der Waals surface area contributed by atoms with E-state index in [-0.39, 0.29) is 6.10 Å². The maximum Gasteiger partial charge on any atom is 0.130 e. The largest absolute Gasteiger partial charge is 0.390 e. The molecule has 1 fully saturated rings. The number of aliphatic hydroxyl groups is 1. The van der Waals surface area contributed by atoms with Crippen molar-refractivity contribution in [3.63, 3.8) is 0 Å². The van der Waals surface area contributed by atoms with Gasteiger partial charge in [0.2, 0.25) is 0 Å². The van der Waals surface area contributed by atoms with E-state index in [1.807, 2.05) is 0 Å². The molecule has 0 aliphatic carbocycles. The first-order valence-corrected chi connectivity index (χ1v) is 5.11. The van der Waals surface area contributed by atoms with Gasteiger partial charge in [0.15, 0.2) is 0 Å². The van der Waals surface area contributed by atoms with Crippen molar-refractivity contribution < 1.29 is 5.11 Å². The van der Waals surface area contributed by atoms with Crippen molar-refractivity contribution in [1.82, 2.24) is 9.88 Å². The molecule has 1 saturated heterocycles. The minimum atomic E-state index is -0.186. The lowest BCUT2D eigenvalue weighted by molar-refractivity contribution is -0.00290. The second-order valence-electron chi connectivity index (χ2n) is 3.45. The summed E-state index contributed by atoms with van der Waals surface area (Å²) in [6.07, 6.45) is 1.49. The molecule has 0 bridgehead atoms. The molecular formula is C9H10Cl2N2O. The van der Waals surface area contributed by atoms with Gasteiger partial charge in [-0.25, -0.2) is 4.98 Å². The minimum absolute atomic E-state index is 0.186. The average molecular weight is 233 g/mol. The summed E-state index contributed by atoms with van der Waals surface area (Å²) in [4.78, 5) is 6.06. The molecule has 5 heteroatoms. The molecule has 0 aromatic carbocycles. The maximum absolute atomic E-state index is 9.10. The highest BCUT2D eigenvalue weighted by molar-refractivity contribution is 6.34. The summed E-state index contributed by atoms with van der Waals surface area (Å²) in [7, 11) is 0. The summed E-state index contributed by atoms with van der Waals surface area (Å²) < 4.78 is 0. The fraction of sp³-hybridized carbons (Fsp3) is 0.444. The Morgan fingerprint density at radius 2 is 2.21 bits per heavy atom. The van der Waals surface area contributed by atoms with Gasteiger partial charge in [0.25, 0.3) is 0 Å². The van der Waals surface area contributed by atoms with Gasteiger partial charge < -0.3 is 5.11 Å². The molecule has 76 valence electrons. The maximum atomic E-state index is 9.10. The third-order valence-electron chi connectivity index (χ3n) is 2.23. The Kier molecular flexibility index (Phi) is 2.93. The van der Waals surface area contributed by atoms with Gasteiger partial charge in [0, 0.05) is 36.4 Å². The first-order chi connectivity index (χ1) is 6.65. The van der Waals surface area contributed by atoms with Gasteiger partial charge in [0.05, 0.1) is 6.10 Å². The lowest BCUT2D eigenvalue weighted by Crippen LogP contribution is -2.49. The van der Waals surface area contributed by atoms with Crippen LogP contribution in [0.1, 0.15) is 5.56 Å². The first kappa shape index (κ1) is 10.2. The highest BCUT2D eigenvalue weighted by Gasteiger charge is 2.24. The van der Waals surface area contributed by atoms with Gasteiger partial charge in [-0.2, -0.15) is 0 Å². The van der Waals surface area contributed by atoms with E-state index in [0.717, 1.165) is 12.1 Å². The minimum Gasteiger partial charge on any atom is -0.390 e. The average Bonchev–Trinajstić information content (AvgIpc) is 2.06. The number of likely N-dealkylation sites (tertiary alicyclic amines) is 1. The molecule has 0 unspecified atom stereocenters. The molecule has 14 heavy (non-hydrogen) atoms. The highest BCUT2D eigenvalue weighted by atomic mass is 35.5. The Bertz CT molecular complexity index is 340. The third-order valence-corrected chi connectivity index (χ3v) is 2.79. The fourth-order valence-electron chi connectivity index (χ4n) is 1.46. The normalized spacial score (nSPS) is 18.2. The predicted octanol–water partition coefficient (Wildman–Crippen LogP) is 1.56. The number of halogens is 2. The second-order valence-corrected chi connectivity index (χ2v) is 4.24. The van der Waals surface area contributed by atoms with Crippen LogP contribution >= 0.6 is 23.2 Å². The molecule has 1 aliphatic rings. The topological polar surface area (TPSA) is 36.4 Å². The molecule has 0 saturated carbocycles. The summed E-state index contributed by atoms with van der Waals surface area (Å²) >= 11 is 11.7. The van der Waals surface area contributed by atoms with E-state index < -0.39 is 0 Å². The van der Waals surface area contributed by atoms with E-state index in [1.165, 1.54) is 0 Å². The number of rotatable bonds is 2. The Hall–Kier alpha value is -0.350. The zero-order chi connectivity index (χ0) is 10.1. The number of aliphatic hydroxyl groups excluding tert-OH is 1. The lowest BCUT2D eigenvalue weighted by atomic mass is 10.1. The van der Waals surface area contributed by atoms with Crippen LogP contribution in [0.25, 0.3) is 0 Å². The third kappa shape index (κ3) is 2.17. The second kappa shape index (κ2) is 4.03. The van der Waals surface area contributed by atoms with Crippen LogP contribution in [0.2, 0.25) is 10.2 Å². The number of hydrogen-bond acceptors (Lipinski definition) is 3. The van der Waals surface area contributed by atoms with Crippen molar-refractivity contribution in [2.45, 2.75) is 12.6 Å². The van der Waals surface area contributed by atoms with Gasteiger partial charge in [-0.1, -0.05) is 23.2 Å². The van der Waals surface area contributed by atoms with Crippen LogP contribution in [-0.2, 0) is 6.54 Å². The molecule has 0 spiro atoms. The molecule has 0 atom stereocenters. The summed E-state index contributed by atoms with van der Waals surface area (Å²) in [5.41, 5.74) is 0.947. The van der Waals surface area contributed by atoms with E-state index in [9.17, 15) is 0 Å². The van der Waals surface area contributed by atoms with Crippen molar-refractivity contribution >= 4 is 23.2 Å². The molecule has 1 aromatic rings. The monoisotopic (exact) mass is 232 g/mol. The van der Waals surface area contributed by atoms with Crippen molar-refractivity contribution in [3.8, 4) is 0 Å². The van der Waals surface area contributed by atoms with Crippen LogP contribution in [0.5, 0.6) is 0 Å². The number of β-amino-alcohol motifs (C(OH)–C–C–N with tert-alkyl or cyclic N) is 1. The molecule has 0 radical (unpaired) electrons. The van der Waals surface area contributed by atoms with Crippen LogP contribution in [0.15, 0.2) is 12.3 Å². The molecule has 1 N–H and O–H groups in total. The van der Waals surface area contributed by atoms with Crippen LogP contribution in [0.4, 0.5) is 0 Å². The molecule has 1 aromatic heterocycles. The summed E-state index contributed by atoms with van der Waals surface area (Å²) in [6, 6.07) is 1.63. The Balaban J connectivity index is 2.02. The smallest absolute Gasteiger partial charge is 0.130 e. The van der Waals surface area contributed by atoms with E-state index in [1.54, 1.807) is 12.3 Å². The molecule has 2 heterocycles. The summed E-state index contributed by atoms with van der Waals surface area (Å²) in [5, 5.41) is 10.1. The van der Waals surface area contributed by atoms with Gasteiger partial charge in [-0.3, -0.25) is 4.90 Å². The van der Waals surface area contributed by atoms with E-state index in [4.69, 9.17) is 28.3 Å². The van der Waals surface area contributed by atoms with Gasteiger partial charge in [-0.05, 0) is 6.07 Å². The van der Waals surface area contributed by atoms with E-state index in [0.29, 0.717) is 23.3 Å². The number of aromatic nitrogens is 1. The van der Waals surface area contributed by atoms with E-state index >= 15 is 0 Å². The molecular weight excluding hydrogens is 223 g/mol. The SMILES string of the molecule is OC1CN(Cc2cnc(Cl)cc2Cl)C1. The number of hydrogen-bond donors (Lipinski definition) is 1. The van der Waals surface area contributed by atoms with Gasteiger partial charge in [-0.15, -0.1) is 0 Å². The standard InChI is InChI=1S/C9H10Cl2N2O/c10-8-1-9(11)12-2-6(8)3-13-4-7(14)5-13/h1-2,7,14H,3-5H2. The van der Waals surface area contributed by atoms with Crippen LogP contribution in [0, 0.1) is 0 Å². The molecule has 1 aliphatic heterocycles. The quantitative estimate of drug-likeness (QED) is 0.787. The van der Waals surface area contributed by atoms with Crippen LogP contribution in [0.3, 0.4) is 0 Å². The predicted molar refractivity (Wildman–Crippen MR) is 55.5 cm³/mol. The molecule has 3 nitrogen and oxygen atoms in total. The zero-order valence-corrected chi connectivity index (χ0v) is 8.96. The highest BCUT2D eigenvalue weighted by Crippen LogP contribution is 2.21. The van der Waals surface area contributed by atoms with Crippen molar-refractivity contribution in [2.75, 3.05) is 13.1 Å². The fourth-order valence-corrected chi connectivity index (χ4v) is 1.89. The Morgan fingerprint density at radius 1 is 1.50 bits per heavy atom. The van der Waals surface area contributed by atoms with Gasteiger partial charge >= 0.3 is 0 Å². The molecule has 0 amide bonds. The number of nitrogens with zero attached hydrogens (tertiary/aromatic N) is 2. The summed E-state index contributed by atoms with van der Waals surface area (Å²) in [6.45, 7) is 2.14. The van der Waals surface area contributed by atoms with Crippen molar-refractivity contribution in [2.24, 2.45) is 0 Å². The molecule has 2 rings (SSSR count). The van der Waals surface area contributed by atoms with Crippen LogP contribution in [-0.4, -0.2) is 34.2 Å².